The maximum absolute atomic E-state index is 12.3. The first-order valence-electron chi connectivity index (χ1n) is 8.56. The van der Waals surface area contributed by atoms with Crippen molar-refractivity contribution in [1.82, 2.24) is 10.6 Å². The van der Waals surface area contributed by atoms with E-state index >= 15 is 0 Å². The minimum absolute atomic E-state index is 0.0844. The Labute approximate surface area is 170 Å². The molecule has 1 aromatic heterocycles. The number of amides is 2. The molecule has 3 aromatic rings. The molecular formula is C21H19BrN2O2S. The summed E-state index contributed by atoms with van der Waals surface area (Å²) in [5.41, 5.74) is 2.72. The molecule has 138 valence electrons. The fourth-order valence-corrected chi connectivity index (χ4v) is 3.69. The molecule has 0 bridgehead atoms. The summed E-state index contributed by atoms with van der Waals surface area (Å²) in [6.45, 7) is 1.00. The Kier molecular flexibility index (Phi) is 6.79. The lowest BCUT2D eigenvalue weighted by Crippen LogP contribution is -2.26. The van der Waals surface area contributed by atoms with E-state index in [4.69, 9.17) is 0 Å². The summed E-state index contributed by atoms with van der Waals surface area (Å²) >= 11 is 4.92. The van der Waals surface area contributed by atoms with Crippen molar-refractivity contribution in [3.8, 4) is 0 Å². The monoisotopic (exact) mass is 442 g/mol. The number of halogens is 1. The van der Waals surface area contributed by atoms with E-state index in [0.29, 0.717) is 23.5 Å². The normalized spacial score (nSPS) is 10.4. The quantitative estimate of drug-likeness (QED) is 0.568. The molecule has 0 saturated heterocycles. The van der Waals surface area contributed by atoms with Gasteiger partial charge in [0.15, 0.2) is 0 Å². The molecule has 4 nitrogen and oxygen atoms in total. The van der Waals surface area contributed by atoms with Crippen molar-refractivity contribution in [3.63, 3.8) is 0 Å². The Bertz CT molecular complexity index is 908. The highest BCUT2D eigenvalue weighted by Gasteiger charge is 2.08. The second-order valence-electron chi connectivity index (χ2n) is 5.95. The van der Waals surface area contributed by atoms with E-state index in [-0.39, 0.29) is 11.8 Å². The smallest absolute Gasteiger partial charge is 0.261 e. The summed E-state index contributed by atoms with van der Waals surface area (Å²) in [5.74, 6) is -0.185. The molecule has 0 radical (unpaired) electrons. The summed E-state index contributed by atoms with van der Waals surface area (Å²) in [5, 5.41) is 7.68. The first-order chi connectivity index (χ1) is 13.1. The van der Waals surface area contributed by atoms with Gasteiger partial charge in [0.25, 0.3) is 11.8 Å². The van der Waals surface area contributed by atoms with Crippen LogP contribution in [-0.4, -0.2) is 18.4 Å². The second-order valence-corrected chi connectivity index (χ2v) is 7.76. The Morgan fingerprint density at radius 1 is 0.889 bits per heavy atom. The van der Waals surface area contributed by atoms with Crippen molar-refractivity contribution < 1.29 is 9.59 Å². The third-order valence-corrected chi connectivity index (χ3v) is 5.69. The highest BCUT2D eigenvalue weighted by atomic mass is 79.9. The molecule has 0 saturated carbocycles. The minimum Gasteiger partial charge on any atom is -0.352 e. The number of nitrogens with one attached hydrogen (secondary N) is 2. The molecule has 0 aliphatic carbocycles. The van der Waals surface area contributed by atoms with Gasteiger partial charge < -0.3 is 10.6 Å². The van der Waals surface area contributed by atoms with E-state index in [0.717, 1.165) is 22.0 Å². The fraction of sp³-hybridized carbons (Fsp3) is 0.143. The summed E-state index contributed by atoms with van der Waals surface area (Å²) in [6, 6.07) is 18.9. The van der Waals surface area contributed by atoms with Crippen LogP contribution in [0.25, 0.3) is 0 Å². The molecule has 0 aliphatic heterocycles. The third kappa shape index (κ3) is 5.52. The average Bonchev–Trinajstić information content (AvgIpc) is 3.23. The molecule has 0 fully saturated rings. The molecule has 0 aliphatic rings. The van der Waals surface area contributed by atoms with Crippen LogP contribution in [0.15, 0.2) is 70.5 Å². The lowest BCUT2D eigenvalue weighted by atomic mass is 10.1. The zero-order chi connectivity index (χ0) is 19.1. The topological polar surface area (TPSA) is 58.2 Å². The van der Waals surface area contributed by atoms with Crippen LogP contribution in [0.3, 0.4) is 0 Å². The molecule has 3 rings (SSSR count). The largest absolute Gasteiger partial charge is 0.352 e. The van der Waals surface area contributed by atoms with Gasteiger partial charge in [-0.2, -0.15) is 0 Å². The van der Waals surface area contributed by atoms with E-state index in [9.17, 15) is 9.59 Å². The van der Waals surface area contributed by atoms with Crippen molar-refractivity contribution in [2.45, 2.75) is 13.0 Å². The minimum atomic E-state index is -0.101. The van der Waals surface area contributed by atoms with E-state index in [1.54, 1.807) is 18.2 Å². The van der Waals surface area contributed by atoms with E-state index in [1.807, 2.05) is 47.8 Å². The van der Waals surface area contributed by atoms with Crippen LogP contribution in [-0.2, 0) is 13.0 Å². The van der Waals surface area contributed by atoms with Crippen LogP contribution in [0.5, 0.6) is 0 Å². The first kappa shape index (κ1) is 19.3. The van der Waals surface area contributed by atoms with Crippen molar-refractivity contribution in [1.29, 1.82) is 0 Å². The van der Waals surface area contributed by atoms with Gasteiger partial charge >= 0.3 is 0 Å². The van der Waals surface area contributed by atoms with Crippen LogP contribution in [0.1, 0.15) is 31.2 Å². The maximum Gasteiger partial charge on any atom is 0.261 e. The van der Waals surface area contributed by atoms with Gasteiger partial charge in [-0.15, -0.1) is 11.3 Å². The number of carbonyl (C=O) groups is 2. The predicted octanol–water partition coefficient (Wildman–Crippen LogP) is 4.41. The molecule has 2 N–H and O–H groups in total. The van der Waals surface area contributed by atoms with Gasteiger partial charge in [-0.1, -0.05) is 52.3 Å². The zero-order valence-corrected chi connectivity index (χ0v) is 17.0. The number of benzene rings is 2. The van der Waals surface area contributed by atoms with E-state index in [1.165, 1.54) is 11.3 Å². The van der Waals surface area contributed by atoms with Gasteiger partial charge in [-0.05, 0) is 47.2 Å². The highest BCUT2D eigenvalue weighted by Crippen LogP contribution is 2.16. The molecule has 2 amide bonds. The number of carbonyl (C=O) groups excluding carboxylic acids is 2. The fourth-order valence-electron chi connectivity index (χ4n) is 2.57. The van der Waals surface area contributed by atoms with Gasteiger partial charge in [-0.25, -0.2) is 0 Å². The van der Waals surface area contributed by atoms with Gasteiger partial charge in [0.05, 0.1) is 4.88 Å². The van der Waals surface area contributed by atoms with Gasteiger partial charge in [0.2, 0.25) is 0 Å². The lowest BCUT2D eigenvalue weighted by Gasteiger charge is -2.08. The molecule has 1 heterocycles. The number of hydrogen-bond acceptors (Lipinski definition) is 3. The van der Waals surface area contributed by atoms with E-state index in [2.05, 4.69) is 26.6 Å². The summed E-state index contributed by atoms with van der Waals surface area (Å²) in [4.78, 5) is 24.9. The van der Waals surface area contributed by atoms with Gasteiger partial charge in [0, 0.05) is 23.1 Å². The second kappa shape index (κ2) is 9.48. The molecule has 0 atom stereocenters. The Hall–Kier alpha value is -2.44. The number of hydrogen-bond donors (Lipinski definition) is 2. The molecule has 27 heavy (non-hydrogen) atoms. The molecule has 6 heteroatoms. The third-order valence-electron chi connectivity index (χ3n) is 4.05. The summed E-state index contributed by atoms with van der Waals surface area (Å²) in [7, 11) is 0. The summed E-state index contributed by atoms with van der Waals surface area (Å²) in [6.07, 6.45) is 0.764. The van der Waals surface area contributed by atoms with Crippen molar-refractivity contribution in [2.75, 3.05) is 6.54 Å². The standard InChI is InChI=1S/C21H19BrN2O2S/c22-18-5-2-1-4-16(18)11-12-23-20(25)17-9-7-15(8-10-17)14-24-21(26)19-6-3-13-27-19/h1-10,13H,11-12,14H2,(H,23,25)(H,24,26). The Balaban J connectivity index is 1.47. The van der Waals surface area contributed by atoms with Crippen LogP contribution < -0.4 is 10.6 Å². The van der Waals surface area contributed by atoms with Crippen LogP contribution >= 0.6 is 27.3 Å². The Morgan fingerprint density at radius 3 is 2.37 bits per heavy atom. The van der Waals surface area contributed by atoms with Crippen LogP contribution in [0, 0.1) is 0 Å². The zero-order valence-electron chi connectivity index (χ0n) is 14.6. The van der Waals surface area contributed by atoms with Gasteiger partial charge in [-0.3, -0.25) is 9.59 Å². The summed E-state index contributed by atoms with van der Waals surface area (Å²) < 4.78 is 1.05. The molecule has 0 spiro atoms. The number of rotatable bonds is 7. The number of thiophene rings is 1. The first-order valence-corrected chi connectivity index (χ1v) is 10.2. The lowest BCUT2D eigenvalue weighted by molar-refractivity contribution is 0.0945. The van der Waals surface area contributed by atoms with Crippen molar-refractivity contribution in [2.24, 2.45) is 0 Å². The average molecular weight is 443 g/mol. The SMILES string of the molecule is O=C(NCCc1ccccc1Br)c1ccc(CNC(=O)c2cccs2)cc1. The molecular weight excluding hydrogens is 424 g/mol. The molecule has 2 aromatic carbocycles. The van der Waals surface area contributed by atoms with Crippen molar-refractivity contribution >= 4 is 39.1 Å². The maximum atomic E-state index is 12.3. The van der Waals surface area contributed by atoms with E-state index < -0.39 is 0 Å². The molecule has 0 unspecified atom stereocenters. The van der Waals surface area contributed by atoms with Crippen LogP contribution in [0.2, 0.25) is 0 Å². The van der Waals surface area contributed by atoms with Crippen molar-refractivity contribution in [3.05, 3.63) is 92.1 Å². The van der Waals surface area contributed by atoms with Crippen LogP contribution in [0.4, 0.5) is 0 Å². The predicted molar refractivity (Wildman–Crippen MR) is 112 cm³/mol. The van der Waals surface area contributed by atoms with Gasteiger partial charge in [0.1, 0.15) is 0 Å². The highest BCUT2D eigenvalue weighted by molar-refractivity contribution is 9.10. The Morgan fingerprint density at radius 2 is 1.67 bits per heavy atom.